The Hall–Kier alpha value is -3.79. The Morgan fingerprint density at radius 3 is 2.75 bits per heavy atom. The maximum atomic E-state index is 12.7. The van der Waals surface area contributed by atoms with Gasteiger partial charge in [0.15, 0.2) is 0 Å². The van der Waals surface area contributed by atoms with Gasteiger partial charge in [-0.25, -0.2) is 0 Å². The number of furan rings is 1. The first-order valence-electron chi connectivity index (χ1n) is 12.9. The van der Waals surface area contributed by atoms with E-state index in [9.17, 15) is 4.79 Å². The summed E-state index contributed by atoms with van der Waals surface area (Å²) < 4.78 is 11.9. The van der Waals surface area contributed by atoms with Crippen molar-refractivity contribution < 1.29 is 13.9 Å². The van der Waals surface area contributed by atoms with Crippen LogP contribution in [0.25, 0.3) is 38.4 Å². The molecule has 184 valence electrons. The van der Waals surface area contributed by atoms with Gasteiger partial charge in [0.1, 0.15) is 11.3 Å². The summed E-state index contributed by atoms with van der Waals surface area (Å²) in [5, 5.41) is 6.45. The largest absolute Gasteiger partial charge is 0.493 e. The summed E-state index contributed by atoms with van der Waals surface area (Å²) >= 11 is 0. The van der Waals surface area contributed by atoms with Crippen LogP contribution in [0.5, 0.6) is 5.75 Å². The molecule has 3 aromatic carbocycles. The Bertz CT molecular complexity index is 1460. The minimum absolute atomic E-state index is 0.0756. The first-order chi connectivity index (χ1) is 17.6. The number of nitrogens with one attached hydrogen (secondary N) is 1. The topological polar surface area (TPSA) is 51.5 Å². The molecule has 0 saturated carbocycles. The summed E-state index contributed by atoms with van der Waals surface area (Å²) in [6.07, 6.45) is 11.6. The summed E-state index contributed by atoms with van der Waals surface area (Å²) in [5.74, 6) is 0.645. The molecule has 1 aliphatic carbocycles. The van der Waals surface area contributed by atoms with Crippen molar-refractivity contribution in [3.63, 3.8) is 0 Å². The molecule has 1 aromatic heterocycles. The molecular weight excluding hydrogens is 446 g/mol. The molecule has 1 aliphatic rings. The summed E-state index contributed by atoms with van der Waals surface area (Å²) in [7, 11) is 0. The predicted octanol–water partition coefficient (Wildman–Crippen LogP) is 8.06. The second-order valence-electron chi connectivity index (χ2n) is 9.47. The van der Waals surface area contributed by atoms with Gasteiger partial charge >= 0.3 is 0 Å². The molecule has 0 radical (unpaired) electrons. The Balaban J connectivity index is 1.43. The van der Waals surface area contributed by atoms with Gasteiger partial charge in [0.2, 0.25) is 5.91 Å². The van der Waals surface area contributed by atoms with E-state index in [1.807, 2.05) is 19.9 Å². The summed E-state index contributed by atoms with van der Waals surface area (Å²) in [5.41, 5.74) is 6.12. The van der Waals surface area contributed by atoms with Crippen LogP contribution in [0, 0.1) is 0 Å². The molecule has 36 heavy (non-hydrogen) atoms. The van der Waals surface area contributed by atoms with Crippen molar-refractivity contribution in [1.29, 1.82) is 0 Å². The third kappa shape index (κ3) is 5.23. The molecule has 0 fully saturated rings. The van der Waals surface area contributed by atoms with Crippen LogP contribution in [0.3, 0.4) is 0 Å². The quantitative estimate of drug-likeness (QED) is 0.205. The summed E-state index contributed by atoms with van der Waals surface area (Å²) in [6.45, 7) is 5.12. The molecule has 4 aromatic rings. The Labute approximate surface area is 212 Å². The van der Waals surface area contributed by atoms with Gasteiger partial charge in [-0.1, -0.05) is 48.0 Å². The molecule has 1 heterocycles. The maximum Gasteiger partial charge on any atom is 0.244 e. The molecule has 1 N–H and O–H groups in total. The van der Waals surface area contributed by atoms with Crippen molar-refractivity contribution >= 4 is 33.2 Å². The highest BCUT2D eigenvalue weighted by Gasteiger charge is 2.16. The van der Waals surface area contributed by atoms with Gasteiger partial charge in [0.05, 0.1) is 12.9 Å². The fourth-order valence-electron chi connectivity index (χ4n) is 5.02. The first kappa shape index (κ1) is 23.9. The minimum Gasteiger partial charge on any atom is -0.493 e. The highest BCUT2D eigenvalue weighted by molar-refractivity contribution is 6.01. The highest BCUT2D eigenvalue weighted by atomic mass is 16.5. The highest BCUT2D eigenvalue weighted by Crippen LogP contribution is 2.38. The van der Waals surface area contributed by atoms with Gasteiger partial charge in [0.25, 0.3) is 0 Å². The van der Waals surface area contributed by atoms with E-state index in [1.54, 1.807) is 12.3 Å². The average Bonchev–Trinajstić information content (AvgIpc) is 3.31. The number of carbonyl (C=O) groups is 1. The normalized spacial score (nSPS) is 14.2. The van der Waals surface area contributed by atoms with Crippen LogP contribution in [0.15, 0.2) is 83.0 Å². The Kier molecular flexibility index (Phi) is 7.22. The van der Waals surface area contributed by atoms with Crippen LogP contribution in [0.4, 0.5) is 0 Å². The van der Waals surface area contributed by atoms with E-state index in [-0.39, 0.29) is 5.91 Å². The zero-order valence-electron chi connectivity index (χ0n) is 21.1. The van der Waals surface area contributed by atoms with Crippen LogP contribution in [-0.4, -0.2) is 19.1 Å². The van der Waals surface area contributed by atoms with E-state index in [2.05, 4.69) is 59.9 Å². The monoisotopic (exact) mass is 479 g/mol. The van der Waals surface area contributed by atoms with Crippen molar-refractivity contribution in [1.82, 2.24) is 5.32 Å². The predicted molar refractivity (Wildman–Crippen MR) is 148 cm³/mol. The van der Waals surface area contributed by atoms with Gasteiger partial charge in [-0.2, -0.15) is 0 Å². The number of rotatable bonds is 8. The molecule has 0 unspecified atom stereocenters. The van der Waals surface area contributed by atoms with Gasteiger partial charge in [0, 0.05) is 35.2 Å². The Morgan fingerprint density at radius 2 is 1.94 bits per heavy atom. The van der Waals surface area contributed by atoms with Gasteiger partial charge < -0.3 is 14.5 Å². The van der Waals surface area contributed by atoms with Gasteiger partial charge in [-0.3, -0.25) is 4.79 Å². The number of fused-ring (bicyclic) bond motifs is 2. The Morgan fingerprint density at radius 1 is 1.08 bits per heavy atom. The molecule has 0 bridgehead atoms. The van der Waals surface area contributed by atoms with E-state index >= 15 is 0 Å². The number of hydrogen-bond donors (Lipinski definition) is 1. The number of benzene rings is 3. The fourth-order valence-corrected chi connectivity index (χ4v) is 5.02. The summed E-state index contributed by atoms with van der Waals surface area (Å²) in [6, 6.07) is 18.8. The van der Waals surface area contributed by atoms with Crippen LogP contribution >= 0.6 is 0 Å². The van der Waals surface area contributed by atoms with Crippen LogP contribution in [0.1, 0.15) is 51.5 Å². The van der Waals surface area contributed by atoms with Gasteiger partial charge in [-0.15, -0.1) is 0 Å². The third-order valence-electron chi connectivity index (χ3n) is 6.94. The number of carbonyl (C=O) groups excluding carboxylic acids is 1. The number of hydrogen-bond acceptors (Lipinski definition) is 3. The first-order valence-corrected chi connectivity index (χ1v) is 12.9. The van der Waals surface area contributed by atoms with Crippen LogP contribution in [-0.2, 0) is 4.79 Å². The van der Waals surface area contributed by atoms with Gasteiger partial charge in [-0.05, 0) is 80.0 Å². The van der Waals surface area contributed by atoms with E-state index in [0.29, 0.717) is 13.2 Å². The van der Waals surface area contributed by atoms with E-state index in [4.69, 9.17) is 9.15 Å². The maximum absolute atomic E-state index is 12.7. The third-order valence-corrected chi connectivity index (χ3v) is 6.94. The smallest absolute Gasteiger partial charge is 0.244 e. The number of allylic oxidation sites excluding steroid dienone is 2. The lowest BCUT2D eigenvalue weighted by molar-refractivity contribution is -0.116. The molecule has 0 saturated heterocycles. The average molecular weight is 480 g/mol. The van der Waals surface area contributed by atoms with E-state index in [0.717, 1.165) is 51.8 Å². The second-order valence-corrected chi connectivity index (χ2v) is 9.47. The van der Waals surface area contributed by atoms with Crippen LogP contribution in [0.2, 0.25) is 0 Å². The standard InChI is InChI=1S/C32H33NO3/c1-3-35-30-20-31-28(29(21-36-31)26-14-13-24-11-7-8-12-25(24)18-26)19-27(30)22(2)17-32(34)33-16-15-23-9-5-4-6-10-23/h7-9,11-14,17-21H,3-6,10,15-16H2,1-2H3,(H,33,34)/b22-17+. The molecule has 4 heteroatoms. The molecule has 5 rings (SSSR count). The van der Waals surface area contributed by atoms with Crippen molar-refractivity contribution in [2.75, 3.05) is 13.2 Å². The zero-order chi connectivity index (χ0) is 24.9. The van der Waals surface area contributed by atoms with E-state index in [1.165, 1.54) is 35.6 Å². The molecule has 1 amide bonds. The zero-order valence-corrected chi connectivity index (χ0v) is 21.1. The number of ether oxygens (including phenoxy) is 1. The SMILES string of the molecule is CCOc1cc2occ(-c3ccc4ccccc4c3)c2cc1/C(C)=C/C(=O)NCCC1=CCCCC1. The molecule has 0 aliphatic heterocycles. The lowest BCUT2D eigenvalue weighted by atomic mass is 9.97. The second kappa shape index (κ2) is 10.9. The lowest BCUT2D eigenvalue weighted by Crippen LogP contribution is -2.23. The minimum atomic E-state index is -0.0756. The molecule has 0 spiro atoms. The van der Waals surface area contributed by atoms with E-state index < -0.39 is 0 Å². The van der Waals surface area contributed by atoms with Crippen molar-refractivity contribution in [3.8, 4) is 16.9 Å². The lowest BCUT2D eigenvalue weighted by Gasteiger charge is -2.13. The van der Waals surface area contributed by atoms with Crippen LogP contribution < -0.4 is 10.1 Å². The molecular formula is C32H33NO3. The van der Waals surface area contributed by atoms with Crippen molar-refractivity contribution in [2.24, 2.45) is 0 Å². The van der Waals surface area contributed by atoms with Crippen molar-refractivity contribution in [2.45, 2.75) is 46.0 Å². The van der Waals surface area contributed by atoms with Crippen molar-refractivity contribution in [3.05, 3.63) is 84.1 Å². The molecule has 0 atom stereocenters. The summed E-state index contributed by atoms with van der Waals surface area (Å²) in [4.78, 5) is 12.7. The number of amides is 1. The molecule has 4 nitrogen and oxygen atoms in total. The fraction of sp³-hybridized carbons (Fsp3) is 0.281.